The second-order valence-corrected chi connectivity index (χ2v) is 12.8. The molecule has 45 heavy (non-hydrogen) atoms. The molecule has 236 valence electrons. The van der Waals surface area contributed by atoms with Gasteiger partial charge < -0.3 is 29.2 Å². The number of ether oxygens (including phenoxy) is 2. The fourth-order valence-corrected chi connectivity index (χ4v) is 5.82. The van der Waals surface area contributed by atoms with Crippen LogP contribution in [0.25, 0.3) is 33.8 Å². The Morgan fingerprint density at radius 2 is 1.71 bits per heavy atom. The fraction of sp³-hybridized carbons (Fsp3) is 0.441. The number of hydrogen-bond acceptors (Lipinski definition) is 9. The van der Waals surface area contributed by atoms with Gasteiger partial charge in [0, 0.05) is 74.5 Å². The zero-order chi connectivity index (χ0) is 31.6. The number of H-pyrrole nitrogens is 1. The lowest BCUT2D eigenvalue weighted by atomic mass is 10.0. The number of nitrogens with one attached hydrogen (secondary N) is 1. The summed E-state index contributed by atoms with van der Waals surface area (Å²) in [5.41, 5.74) is 5.64. The molecule has 6 rings (SSSR count). The Bertz CT molecular complexity index is 1650. The predicted molar refractivity (Wildman–Crippen MR) is 177 cm³/mol. The maximum Gasteiger partial charge on any atom is 0.410 e. The van der Waals surface area contributed by atoms with Crippen molar-refractivity contribution in [3.63, 3.8) is 0 Å². The van der Waals surface area contributed by atoms with Gasteiger partial charge in [-0.3, -0.25) is 4.99 Å². The highest BCUT2D eigenvalue weighted by Gasteiger charge is 2.28. The first-order chi connectivity index (χ1) is 21.7. The average Bonchev–Trinajstić information content (AvgIpc) is 3.47. The molecule has 4 aromatic rings. The van der Waals surface area contributed by atoms with Gasteiger partial charge in [0.05, 0.1) is 6.54 Å². The van der Waals surface area contributed by atoms with E-state index >= 15 is 0 Å². The maximum atomic E-state index is 12.5. The highest BCUT2D eigenvalue weighted by Crippen LogP contribution is 2.32. The van der Waals surface area contributed by atoms with Gasteiger partial charge >= 0.3 is 6.09 Å². The van der Waals surface area contributed by atoms with Gasteiger partial charge in [-0.05, 0) is 77.0 Å². The van der Waals surface area contributed by atoms with Crippen LogP contribution in [0.3, 0.4) is 0 Å². The Morgan fingerprint density at radius 3 is 2.40 bits per heavy atom. The summed E-state index contributed by atoms with van der Waals surface area (Å²) in [5.74, 6) is 1.51. The van der Waals surface area contributed by atoms with Crippen LogP contribution in [0.5, 0.6) is 5.75 Å². The minimum Gasteiger partial charge on any atom is -0.490 e. The summed E-state index contributed by atoms with van der Waals surface area (Å²) in [5, 5.41) is 0. The highest BCUT2D eigenvalue weighted by molar-refractivity contribution is 5.89. The number of likely N-dealkylation sites (N-methyl/N-ethyl adjacent to an activating group) is 1. The SMILES string of the molecule is C=NCc1cc(-c2ncnc3[nH]c(-c4ccc(N5CCN(C)CC5)cc4)nc23)ccc1OC1CCN(C(=O)OC(C)(C)C)CC1. The van der Waals surface area contributed by atoms with Crippen LogP contribution in [0, 0.1) is 0 Å². The van der Waals surface area contributed by atoms with Gasteiger partial charge in [0.15, 0.2) is 5.65 Å². The van der Waals surface area contributed by atoms with E-state index in [1.54, 1.807) is 11.2 Å². The largest absolute Gasteiger partial charge is 0.490 e. The Morgan fingerprint density at radius 1 is 1.00 bits per heavy atom. The first kappa shape index (κ1) is 30.5. The molecule has 2 aliphatic rings. The molecule has 0 unspecified atom stereocenters. The van der Waals surface area contributed by atoms with Crippen molar-refractivity contribution in [2.75, 3.05) is 51.2 Å². The molecule has 0 spiro atoms. The number of piperidine rings is 1. The average molecular weight is 611 g/mol. The van der Waals surface area contributed by atoms with E-state index in [-0.39, 0.29) is 12.2 Å². The molecule has 2 aromatic heterocycles. The molecular weight excluding hydrogens is 568 g/mol. The predicted octanol–water partition coefficient (Wildman–Crippen LogP) is 5.42. The van der Waals surface area contributed by atoms with Gasteiger partial charge in [0.1, 0.15) is 40.8 Å². The zero-order valence-corrected chi connectivity index (χ0v) is 26.6. The molecule has 1 amide bonds. The van der Waals surface area contributed by atoms with E-state index < -0.39 is 5.60 Å². The van der Waals surface area contributed by atoms with E-state index in [1.165, 1.54) is 5.69 Å². The lowest BCUT2D eigenvalue weighted by molar-refractivity contribution is 0.0126. The number of amides is 1. The summed E-state index contributed by atoms with van der Waals surface area (Å²) in [7, 11) is 2.17. The number of hydrogen-bond donors (Lipinski definition) is 1. The molecule has 0 atom stereocenters. The van der Waals surface area contributed by atoms with Crippen molar-refractivity contribution in [1.82, 2.24) is 29.7 Å². The second-order valence-electron chi connectivity index (χ2n) is 12.8. The summed E-state index contributed by atoms with van der Waals surface area (Å²) in [6.45, 7) is 15.1. The molecule has 2 saturated heterocycles. The van der Waals surface area contributed by atoms with E-state index in [0.717, 1.165) is 73.0 Å². The lowest BCUT2D eigenvalue weighted by Crippen LogP contribution is -2.44. The van der Waals surface area contributed by atoms with E-state index in [1.807, 2.05) is 39.0 Å². The molecule has 0 aliphatic carbocycles. The van der Waals surface area contributed by atoms with Crippen LogP contribution >= 0.6 is 0 Å². The molecule has 11 nitrogen and oxygen atoms in total. The number of aromatic nitrogens is 4. The van der Waals surface area contributed by atoms with Crippen LogP contribution in [-0.2, 0) is 11.3 Å². The number of likely N-dealkylation sites (tertiary alicyclic amines) is 1. The van der Waals surface area contributed by atoms with Crippen molar-refractivity contribution in [2.24, 2.45) is 4.99 Å². The highest BCUT2D eigenvalue weighted by atomic mass is 16.6. The van der Waals surface area contributed by atoms with E-state index in [2.05, 4.69) is 67.8 Å². The topological polar surface area (TPSA) is 112 Å². The molecule has 0 radical (unpaired) electrons. The smallest absolute Gasteiger partial charge is 0.410 e. The number of rotatable bonds is 7. The van der Waals surface area contributed by atoms with Crippen molar-refractivity contribution >= 4 is 29.7 Å². The Kier molecular flexibility index (Phi) is 8.71. The van der Waals surface area contributed by atoms with Crippen LogP contribution in [-0.4, -0.2) is 101 Å². The first-order valence-corrected chi connectivity index (χ1v) is 15.6. The van der Waals surface area contributed by atoms with Crippen molar-refractivity contribution < 1.29 is 14.3 Å². The van der Waals surface area contributed by atoms with Crippen molar-refractivity contribution in [1.29, 1.82) is 0 Å². The molecule has 0 bridgehead atoms. The number of aliphatic imine (C=N–C) groups is 1. The van der Waals surface area contributed by atoms with Gasteiger partial charge in [-0.1, -0.05) is 0 Å². The maximum absolute atomic E-state index is 12.5. The van der Waals surface area contributed by atoms with Crippen LogP contribution in [0.4, 0.5) is 10.5 Å². The minimum absolute atomic E-state index is 0.0135. The number of aromatic amines is 1. The molecular formula is C34H42N8O3. The van der Waals surface area contributed by atoms with Gasteiger partial charge in [0.25, 0.3) is 0 Å². The van der Waals surface area contributed by atoms with Crippen molar-refractivity contribution in [2.45, 2.75) is 51.9 Å². The monoisotopic (exact) mass is 610 g/mol. The van der Waals surface area contributed by atoms with Gasteiger partial charge in [-0.25, -0.2) is 19.7 Å². The molecule has 11 heteroatoms. The van der Waals surface area contributed by atoms with E-state index in [4.69, 9.17) is 14.5 Å². The number of fused-ring (bicyclic) bond motifs is 1. The van der Waals surface area contributed by atoms with E-state index in [0.29, 0.717) is 30.8 Å². The Hall–Kier alpha value is -4.51. The number of benzene rings is 2. The number of carbonyl (C=O) groups is 1. The Labute approximate surface area is 264 Å². The minimum atomic E-state index is -0.512. The van der Waals surface area contributed by atoms with Crippen molar-refractivity contribution in [3.8, 4) is 28.4 Å². The molecule has 4 heterocycles. The third-order valence-corrected chi connectivity index (χ3v) is 8.30. The normalized spacial score (nSPS) is 16.6. The summed E-state index contributed by atoms with van der Waals surface area (Å²) >= 11 is 0. The Balaban J connectivity index is 1.18. The number of anilines is 1. The van der Waals surface area contributed by atoms with Crippen LogP contribution < -0.4 is 9.64 Å². The lowest BCUT2D eigenvalue weighted by Gasteiger charge is -2.34. The van der Waals surface area contributed by atoms with Crippen LogP contribution in [0.15, 0.2) is 53.8 Å². The summed E-state index contributed by atoms with van der Waals surface area (Å²) < 4.78 is 12.0. The van der Waals surface area contributed by atoms with Gasteiger partial charge in [0.2, 0.25) is 0 Å². The zero-order valence-electron chi connectivity index (χ0n) is 26.6. The summed E-state index contributed by atoms with van der Waals surface area (Å²) in [4.78, 5) is 40.6. The number of carbonyl (C=O) groups excluding carboxylic acids is 1. The standard InChI is InChI=1S/C34H42N8O3/c1-34(2,3)45-33(43)42-14-12-27(13-15-42)44-28-11-8-24(20-25(28)21-35-4)29-30-32(37-22-36-29)39-31(38-30)23-6-9-26(10-7-23)41-18-16-40(5)17-19-41/h6-11,20,22,27H,4,12-19,21H2,1-3,5H3,(H,36,37,38,39). The number of nitrogens with zero attached hydrogens (tertiary/aromatic N) is 7. The summed E-state index contributed by atoms with van der Waals surface area (Å²) in [6, 6.07) is 14.5. The van der Waals surface area contributed by atoms with E-state index in [9.17, 15) is 4.79 Å². The number of piperazine rings is 1. The fourth-order valence-electron chi connectivity index (χ4n) is 5.82. The third-order valence-electron chi connectivity index (χ3n) is 8.30. The van der Waals surface area contributed by atoms with Crippen molar-refractivity contribution in [3.05, 3.63) is 54.4 Å². The number of imidazole rings is 1. The van der Waals surface area contributed by atoms with Gasteiger partial charge in [-0.2, -0.15) is 0 Å². The molecule has 1 N–H and O–H groups in total. The molecule has 2 aliphatic heterocycles. The quantitative estimate of drug-likeness (QED) is 0.276. The molecule has 2 aromatic carbocycles. The first-order valence-electron chi connectivity index (χ1n) is 15.6. The van der Waals surface area contributed by atoms with Crippen LogP contribution in [0.2, 0.25) is 0 Å². The van der Waals surface area contributed by atoms with Crippen LogP contribution in [0.1, 0.15) is 39.2 Å². The molecule has 2 fully saturated rings. The summed E-state index contributed by atoms with van der Waals surface area (Å²) in [6.07, 6.45) is 2.72. The second kappa shape index (κ2) is 12.8. The van der Waals surface area contributed by atoms with Gasteiger partial charge in [-0.15, -0.1) is 0 Å². The molecule has 0 saturated carbocycles. The third kappa shape index (κ3) is 7.09.